The molecule has 106 valence electrons. The van der Waals surface area contributed by atoms with Gasteiger partial charge in [0.15, 0.2) is 0 Å². The van der Waals surface area contributed by atoms with Gasteiger partial charge in [-0.1, -0.05) is 0 Å². The zero-order valence-electron chi connectivity index (χ0n) is 11.3. The maximum Gasteiger partial charge on any atom is 0.234 e. The third-order valence-electron chi connectivity index (χ3n) is 3.69. The van der Waals surface area contributed by atoms with E-state index >= 15 is 0 Å². The highest BCUT2D eigenvalue weighted by molar-refractivity contribution is 5.79. The Hall–Kier alpha value is -2.13. The van der Waals surface area contributed by atoms with Gasteiger partial charge >= 0.3 is 0 Å². The predicted molar refractivity (Wildman–Crippen MR) is 73.6 cm³/mol. The Bertz CT molecular complexity index is 547. The molecule has 2 rings (SSSR count). The van der Waals surface area contributed by atoms with E-state index in [0.29, 0.717) is 37.4 Å². The van der Waals surface area contributed by atoms with Crippen molar-refractivity contribution < 1.29 is 9.18 Å². The second-order valence-corrected chi connectivity index (χ2v) is 4.88. The summed E-state index contributed by atoms with van der Waals surface area (Å²) in [4.78, 5) is 15.1. The fraction of sp³-hybridized carbons (Fsp3) is 0.429. The van der Waals surface area contributed by atoms with Crippen molar-refractivity contribution in [2.45, 2.75) is 13.0 Å². The Balaban J connectivity index is 2.04. The van der Waals surface area contributed by atoms with Crippen molar-refractivity contribution >= 4 is 11.6 Å². The maximum absolute atomic E-state index is 13.9. The standard InChI is InChI=1S/C14H17FN4O/c1-10(14(17)20)18-4-6-19(7-5-18)13-3-2-11(9-16)8-12(13)15/h2-3,8,10H,4-7H2,1H3,(H2,17,20)/t10-/m1/s1. The summed E-state index contributed by atoms with van der Waals surface area (Å²) < 4.78 is 13.9. The SMILES string of the molecule is C[C@H](C(N)=O)N1CCN(c2ccc(C#N)cc2F)CC1. The third kappa shape index (κ3) is 2.89. The molecule has 1 fully saturated rings. The molecule has 0 spiro atoms. The highest BCUT2D eigenvalue weighted by Gasteiger charge is 2.25. The van der Waals surface area contributed by atoms with Crippen LogP contribution in [0.5, 0.6) is 0 Å². The first-order chi connectivity index (χ1) is 9.52. The number of nitrogens with zero attached hydrogens (tertiary/aromatic N) is 3. The number of hydrogen-bond acceptors (Lipinski definition) is 4. The Morgan fingerprint density at radius 3 is 2.55 bits per heavy atom. The fourth-order valence-electron chi connectivity index (χ4n) is 2.36. The predicted octanol–water partition coefficient (Wildman–Crippen LogP) is 0.693. The summed E-state index contributed by atoms with van der Waals surface area (Å²) >= 11 is 0. The number of anilines is 1. The molecule has 2 N–H and O–H groups in total. The molecule has 0 bridgehead atoms. The van der Waals surface area contributed by atoms with Gasteiger partial charge in [-0.15, -0.1) is 0 Å². The summed E-state index contributed by atoms with van der Waals surface area (Å²) in [6.07, 6.45) is 0. The molecule has 1 aromatic rings. The number of rotatable bonds is 3. The van der Waals surface area contributed by atoms with Crippen LogP contribution in [0.1, 0.15) is 12.5 Å². The number of primary amides is 1. The molecule has 0 aliphatic carbocycles. The fourth-order valence-corrected chi connectivity index (χ4v) is 2.36. The van der Waals surface area contributed by atoms with Crippen molar-refractivity contribution in [1.82, 2.24) is 4.90 Å². The number of piperazine rings is 1. The highest BCUT2D eigenvalue weighted by Crippen LogP contribution is 2.22. The average Bonchev–Trinajstić information content (AvgIpc) is 2.46. The van der Waals surface area contributed by atoms with Crippen LogP contribution in [-0.4, -0.2) is 43.0 Å². The van der Waals surface area contributed by atoms with Crippen LogP contribution in [0.2, 0.25) is 0 Å². The van der Waals surface area contributed by atoms with Crippen LogP contribution < -0.4 is 10.6 Å². The molecule has 0 saturated carbocycles. The van der Waals surface area contributed by atoms with Crippen LogP contribution in [0.25, 0.3) is 0 Å². The Morgan fingerprint density at radius 1 is 1.40 bits per heavy atom. The average molecular weight is 276 g/mol. The van der Waals surface area contributed by atoms with Crippen molar-refractivity contribution in [2.24, 2.45) is 5.73 Å². The van der Waals surface area contributed by atoms with Crippen molar-refractivity contribution in [3.8, 4) is 6.07 Å². The molecule has 1 aromatic carbocycles. The van der Waals surface area contributed by atoms with Gasteiger partial charge in [-0.3, -0.25) is 9.69 Å². The van der Waals surface area contributed by atoms with E-state index in [1.54, 1.807) is 19.1 Å². The summed E-state index contributed by atoms with van der Waals surface area (Å²) in [6.45, 7) is 4.34. The van der Waals surface area contributed by atoms with E-state index < -0.39 is 0 Å². The van der Waals surface area contributed by atoms with Gasteiger partial charge in [0.25, 0.3) is 0 Å². The number of halogens is 1. The molecule has 0 aromatic heterocycles. The van der Waals surface area contributed by atoms with Crippen molar-refractivity contribution in [1.29, 1.82) is 5.26 Å². The molecule has 20 heavy (non-hydrogen) atoms. The van der Waals surface area contributed by atoms with Gasteiger partial charge in [0, 0.05) is 26.2 Å². The monoisotopic (exact) mass is 276 g/mol. The van der Waals surface area contributed by atoms with Crippen molar-refractivity contribution in [3.63, 3.8) is 0 Å². The lowest BCUT2D eigenvalue weighted by Crippen LogP contribution is -2.53. The Morgan fingerprint density at radius 2 is 2.05 bits per heavy atom. The van der Waals surface area contributed by atoms with Gasteiger partial charge in [0.05, 0.1) is 23.4 Å². The van der Waals surface area contributed by atoms with Gasteiger partial charge in [-0.25, -0.2) is 4.39 Å². The van der Waals surface area contributed by atoms with E-state index in [9.17, 15) is 9.18 Å². The smallest absolute Gasteiger partial charge is 0.234 e. The largest absolute Gasteiger partial charge is 0.368 e. The summed E-state index contributed by atoms with van der Waals surface area (Å²) in [5, 5.41) is 8.73. The van der Waals surface area contributed by atoms with Gasteiger partial charge < -0.3 is 10.6 Å². The van der Waals surface area contributed by atoms with Crippen LogP contribution in [0, 0.1) is 17.1 Å². The number of benzene rings is 1. The minimum absolute atomic E-state index is 0.303. The summed E-state index contributed by atoms with van der Waals surface area (Å²) in [5.74, 6) is -0.733. The first-order valence-electron chi connectivity index (χ1n) is 6.51. The van der Waals surface area contributed by atoms with Crippen LogP contribution in [0.3, 0.4) is 0 Å². The van der Waals surface area contributed by atoms with Crippen molar-refractivity contribution in [3.05, 3.63) is 29.6 Å². The first-order valence-corrected chi connectivity index (χ1v) is 6.51. The Labute approximate surface area is 117 Å². The third-order valence-corrected chi connectivity index (χ3v) is 3.69. The van der Waals surface area contributed by atoms with E-state index in [-0.39, 0.29) is 17.8 Å². The van der Waals surface area contributed by atoms with Crippen LogP contribution in [-0.2, 0) is 4.79 Å². The maximum atomic E-state index is 13.9. The lowest BCUT2D eigenvalue weighted by Gasteiger charge is -2.38. The zero-order valence-corrected chi connectivity index (χ0v) is 11.3. The summed E-state index contributed by atoms with van der Waals surface area (Å²) in [6, 6.07) is 6.09. The summed E-state index contributed by atoms with van der Waals surface area (Å²) in [5.41, 5.74) is 6.09. The number of carbonyl (C=O) groups is 1. The molecule has 1 amide bonds. The zero-order chi connectivity index (χ0) is 14.7. The molecular weight excluding hydrogens is 259 g/mol. The first kappa shape index (κ1) is 14.3. The molecule has 1 aliphatic rings. The second kappa shape index (κ2) is 5.88. The quantitative estimate of drug-likeness (QED) is 0.881. The molecule has 5 nitrogen and oxygen atoms in total. The minimum atomic E-state index is -0.388. The van der Waals surface area contributed by atoms with E-state index in [2.05, 4.69) is 0 Å². The topological polar surface area (TPSA) is 73.4 Å². The van der Waals surface area contributed by atoms with E-state index in [1.165, 1.54) is 6.07 Å². The lowest BCUT2D eigenvalue weighted by atomic mass is 10.1. The number of carbonyl (C=O) groups excluding carboxylic acids is 1. The molecular formula is C14H17FN4O. The van der Waals surface area contributed by atoms with E-state index in [0.717, 1.165) is 0 Å². The molecule has 0 radical (unpaired) electrons. The molecule has 1 atom stereocenters. The molecule has 6 heteroatoms. The second-order valence-electron chi connectivity index (χ2n) is 4.88. The number of nitrogens with two attached hydrogens (primary N) is 1. The van der Waals surface area contributed by atoms with Gasteiger partial charge in [0.2, 0.25) is 5.91 Å². The molecule has 1 heterocycles. The highest BCUT2D eigenvalue weighted by atomic mass is 19.1. The molecule has 0 unspecified atom stereocenters. The lowest BCUT2D eigenvalue weighted by molar-refractivity contribution is -0.122. The van der Waals surface area contributed by atoms with Crippen LogP contribution in [0.15, 0.2) is 18.2 Å². The normalized spacial score (nSPS) is 17.6. The van der Waals surface area contributed by atoms with Crippen molar-refractivity contribution in [2.75, 3.05) is 31.1 Å². The number of hydrogen-bond donors (Lipinski definition) is 1. The van der Waals surface area contributed by atoms with Crippen LogP contribution >= 0.6 is 0 Å². The Kier molecular flexibility index (Phi) is 4.20. The van der Waals surface area contributed by atoms with E-state index in [4.69, 9.17) is 11.0 Å². The van der Waals surface area contributed by atoms with Gasteiger partial charge in [-0.05, 0) is 25.1 Å². The minimum Gasteiger partial charge on any atom is -0.368 e. The summed E-state index contributed by atoms with van der Waals surface area (Å²) in [7, 11) is 0. The number of amides is 1. The number of nitriles is 1. The van der Waals surface area contributed by atoms with Gasteiger partial charge in [-0.2, -0.15) is 5.26 Å². The van der Waals surface area contributed by atoms with Crippen LogP contribution in [0.4, 0.5) is 10.1 Å². The van der Waals surface area contributed by atoms with Gasteiger partial charge in [0.1, 0.15) is 5.82 Å². The molecule has 1 aliphatic heterocycles. The molecule has 1 saturated heterocycles. The van der Waals surface area contributed by atoms with E-state index in [1.807, 2.05) is 15.9 Å².